The molecule has 27 heavy (non-hydrogen) atoms. The van der Waals surface area contributed by atoms with E-state index in [1.54, 1.807) is 34.6 Å². The third kappa shape index (κ3) is 5.37. The third-order valence-electron chi connectivity index (χ3n) is 4.56. The van der Waals surface area contributed by atoms with E-state index >= 15 is 0 Å². The normalized spacial score (nSPS) is 21.7. The second-order valence-corrected chi connectivity index (χ2v) is 7.06. The second-order valence-electron chi connectivity index (χ2n) is 7.06. The molecule has 0 aromatic heterocycles. The number of ether oxygens (including phenoxy) is 3. The van der Waals surface area contributed by atoms with Crippen molar-refractivity contribution in [1.29, 1.82) is 0 Å². The average molecular weight is 384 g/mol. The molecule has 0 N–H and O–H groups in total. The molecule has 0 radical (unpaired) electrons. The van der Waals surface area contributed by atoms with Crippen LogP contribution in [-0.4, -0.2) is 49.3 Å². The van der Waals surface area contributed by atoms with E-state index < -0.39 is 52.6 Å². The molecular formula is C19H28O8. The van der Waals surface area contributed by atoms with Crippen molar-refractivity contribution in [3.05, 3.63) is 0 Å². The molecule has 2 atom stereocenters. The van der Waals surface area contributed by atoms with Crippen LogP contribution in [0.4, 0.5) is 0 Å². The number of ketones is 2. The molecule has 1 saturated carbocycles. The lowest BCUT2D eigenvalue weighted by atomic mass is 9.62. The lowest BCUT2D eigenvalue weighted by Gasteiger charge is -2.38. The van der Waals surface area contributed by atoms with Gasteiger partial charge in [0.25, 0.3) is 0 Å². The SMILES string of the molecule is CCOC(=O)C(CC1C(=O)CC(C)(C)C(C(=O)OCC)C1=O)C(=O)OCC. The van der Waals surface area contributed by atoms with Crippen LogP contribution < -0.4 is 0 Å². The van der Waals surface area contributed by atoms with Gasteiger partial charge in [-0.1, -0.05) is 13.8 Å². The molecule has 2 unspecified atom stereocenters. The second kappa shape index (κ2) is 9.62. The number of esters is 3. The summed E-state index contributed by atoms with van der Waals surface area (Å²) in [6.45, 7) is 8.26. The predicted molar refractivity (Wildman–Crippen MR) is 93.4 cm³/mol. The quantitative estimate of drug-likeness (QED) is 0.351. The highest BCUT2D eigenvalue weighted by molar-refractivity contribution is 6.14. The van der Waals surface area contributed by atoms with Crippen molar-refractivity contribution in [3.63, 3.8) is 0 Å². The van der Waals surface area contributed by atoms with Crippen LogP contribution >= 0.6 is 0 Å². The molecule has 0 saturated heterocycles. The van der Waals surface area contributed by atoms with E-state index in [-0.39, 0.29) is 32.7 Å². The van der Waals surface area contributed by atoms with Crippen LogP contribution in [0.15, 0.2) is 0 Å². The van der Waals surface area contributed by atoms with E-state index in [9.17, 15) is 24.0 Å². The van der Waals surface area contributed by atoms with Crippen LogP contribution in [0.1, 0.15) is 47.5 Å². The van der Waals surface area contributed by atoms with Crippen molar-refractivity contribution < 1.29 is 38.2 Å². The first-order chi connectivity index (χ1) is 12.6. The van der Waals surface area contributed by atoms with Crippen molar-refractivity contribution in [2.24, 2.45) is 23.2 Å². The Bertz CT molecular complexity index is 589. The van der Waals surface area contributed by atoms with Gasteiger partial charge in [0, 0.05) is 6.42 Å². The Morgan fingerprint density at radius 2 is 1.44 bits per heavy atom. The van der Waals surface area contributed by atoms with Crippen molar-refractivity contribution in [2.75, 3.05) is 19.8 Å². The molecule has 1 aliphatic carbocycles. The molecule has 0 aromatic rings. The molecule has 1 fully saturated rings. The fraction of sp³-hybridized carbons (Fsp3) is 0.737. The molecular weight excluding hydrogens is 356 g/mol. The van der Waals surface area contributed by atoms with Gasteiger partial charge >= 0.3 is 17.9 Å². The molecule has 152 valence electrons. The van der Waals surface area contributed by atoms with Crippen LogP contribution in [0, 0.1) is 23.2 Å². The van der Waals surface area contributed by atoms with Crippen molar-refractivity contribution in [1.82, 2.24) is 0 Å². The zero-order chi connectivity index (χ0) is 20.8. The van der Waals surface area contributed by atoms with E-state index in [1.165, 1.54) is 0 Å². The maximum Gasteiger partial charge on any atom is 0.320 e. The number of rotatable bonds is 8. The summed E-state index contributed by atoms with van der Waals surface area (Å²) in [5.41, 5.74) is -0.903. The third-order valence-corrected chi connectivity index (χ3v) is 4.56. The van der Waals surface area contributed by atoms with Gasteiger partial charge in [0.15, 0.2) is 11.7 Å². The fourth-order valence-electron chi connectivity index (χ4n) is 3.34. The Morgan fingerprint density at radius 1 is 0.963 bits per heavy atom. The van der Waals surface area contributed by atoms with Gasteiger partial charge in [-0.05, 0) is 32.6 Å². The minimum absolute atomic E-state index is 0.0364. The lowest BCUT2D eigenvalue weighted by molar-refractivity contribution is -0.164. The van der Waals surface area contributed by atoms with Gasteiger partial charge < -0.3 is 14.2 Å². The molecule has 8 heteroatoms. The topological polar surface area (TPSA) is 113 Å². The highest BCUT2D eigenvalue weighted by Gasteiger charge is 2.53. The van der Waals surface area contributed by atoms with Gasteiger partial charge in [-0.15, -0.1) is 0 Å². The fourth-order valence-corrected chi connectivity index (χ4v) is 3.34. The average Bonchev–Trinajstić information content (AvgIpc) is 2.54. The maximum atomic E-state index is 12.9. The molecule has 0 spiro atoms. The van der Waals surface area contributed by atoms with Crippen molar-refractivity contribution in [3.8, 4) is 0 Å². The Hall–Kier alpha value is -2.25. The largest absolute Gasteiger partial charge is 0.465 e. The highest BCUT2D eigenvalue weighted by Crippen LogP contribution is 2.41. The zero-order valence-electron chi connectivity index (χ0n) is 16.5. The summed E-state index contributed by atoms with van der Waals surface area (Å²) in [6, 6.07) is 0. The first-order valence-corrected chi connectivity index (χ1v) is 9.16. The van der Waals surface area contributed by atoms with E-state index in [0.29, 0.717) is 0 Å². The number of carbonyl (C=O) groups is 5. The minimum Gasteiger partial charge on any atom is -0.465 e. The number of hydrogen-bond donors (Lipinski definition) is 0. The van der Waals surface area contributed by atoms with E-state index in [4.69, 9.17) is 14.2 Å². The highest BCUT2D eigenvalue weighted by atomic mass is 16.6. The molecule has 8 nitrogen and oxygen atoms in total. The number of hydrogen-bond acceptors (Lipinski definition) is 8. The van der Waals surface area contributed by atoms with E-state index in [1.807, 2.05) is 0 Å². The number of Topliss-reactive ketones (excluding diaryl/α,β-unsaturated/α-hetero) is 2. The summed E-state index contributed by atoms with van der Waals surface area (Å²) >= 11 is 0. The summed E-state index contributed by atoms with van der Waals surface area (Å²) in [5.74, 6) is -7.24. The Labute approximate surface area is 158 Å². The first-order valence-electron chi connectivity index (χ1n) is 9.16. The van der Waals surface area contributed by atoms with Gasteiger partial charge in [0.1, 0.15) is 11.7 Å². The standard InChI is InChI=1S/C19H28O8/c1-6-25-16(22)12(17(23)26-7-2)9-11-13(20)10-19(4,5)14(15(11)21)18(24)27-8-3/h11-12,14H,6-10H2,1-5H3. The van der Waals surface area contributed by atoms with Crippen molar-refractivity contribution in [2.45, 2.75) is 47.5 Å². The lowest BCUT2D eigenvalue weighted by Crippen LogP contribution is -2.51. The zero-order valence-corrected chi connectivity index (χ0v) is 16.5. The Balaban J connectivity index is 3.15. The molecule has 0 heterocycles. The van der Waals surface area contributed by atoms with E-state index in [2.05, 4.69) is 0 Å². The maximum absolute atomic E-state index is 12.9. The minimum atomic E-state index is -1.40. The van der Waals surface area contributed by atoms with Crippen LogP contribution in [-0.2, 0) is 38.2 Å². The van der Waals surface area contributed by atoms with Gasteiger partial charge in [0.2, 0.25) is 0 Å². The number of carbonyl (C=O) groups excluding carboxylic acids is 5. The first kappa shape index (κ1) is 22.8. The molecule has 0 aromatic carbocycles. The van der Waals surface area contributed by atoms with Crippen molar-refractivity contribution >= 4 is 29.5 Å². The Kier molecular flexibility index (Phi) is 8.12. The molecule has 1 aliphatic rings. The Morgan fingerprint density at radius 3 is 1.89 bits per heavy atom. The summed E-state index contributed by atoms with van der Waals surface area (Å²) < 4.78 is 14.8. The molecule has 1 rings (SSSR count). The van der Waals surface area contributed by atoms with Gasteiger partial charge in [-0.25, -0.2) is 0 Å². The summed E-state index contributed by atoms with van der Waals surface area (Å²) in [6.07, 6.45) is -0.410. The van der Waals surface area contributed by atoms with Crippen LogP contribution in [0.25, 0.3) is 0 Å². The van der Waals surface area contributed by atoms with Gasteiger partial charge in [0.05, 0.1) is 25.7 Å². The van der Waals surface area contributed by atoms with Gasteiger partial charge in [-0.3, -0.25) is 24.0 Å². The van der Waals surface area contributed by atoms with Gasteiger partial charge in [-0.2, -0.15) is 0 Å². The monoisotopic (exact) mass is 384 g/mol. The van der Waals surface area contributed by atoms with Crippen LogP contribution in [0.2, 0.25) is 0 Å². The van der Waals surface area contributed by atoms with Crippen LogP contribution in [0.3, 0.4) is 0 Å². The van der Waals surface area contributed by atoms with Crippen LogP contribution in [0.5, 0.6) is 0 Å². The summed E-state index contributed by atoms with van der Waals surface area (Å²) in [7, 11) is 0. The summed E-state index contributed by atoms with van der Waals surface area (Å²) in [5, 5.41) is 0. The van der Waals surface area contributed by atoms with E-state index in [0.717, 1.165) is 0 Å². The molecule has 0 bridgehead atoms. The molecule has 0 aliphatic heterocycles. The smallest absolute Gasteiger partial charge is 0.320 e. The molecule has 0 amide bonds. The summed E-state index contributed by atoms with van der Waals surface area (Å²) in [4.78, 5) is 62.1. The predicted octanol–water partition coefficient (Wildman–Crippen LogP) is 1.48.